The van der Waals surface area contributed by atoms with Crippen LogP contribution in [0.2, 0.25) is 9.88 Å². The molecule has 9 heavy (non-hydrogen) atoms. The van der Waals surface area contributed by atoms with E-state index < -0.39 is 11.9 Å². The van der Waals surface area contributed by atoms with Gasteiger partial charge in [0, 0.05) is 0 Å². The molecule has 0 rings (SSSR count). The Morgan fingerprint density at radius 3 is 1.22 bits per heavy atom. The maximum absolute atomic E-state index is 8.93. The van der Waals surface area contributed by atoms with Gasteiger partial charge < -0.3 is 19.8 Å². The van der Waals surface area contributed by atoms with Crippen LogP contribution in [-0.2, 0) is 9.59 Å². The fraction of sp³-hybridized carbons (Fsp3) is 0.500. The van der Waals surface area contributed by atoms with Crippen molar-refractivity contribution in [3.05, 3.63) is 0 Å². The summed E-state index contributed by atoms with van der Waals surface area (Å²) in [6, 6.07) is 0. The molecule has 5 heteroatoms. The third-order valence-corrected chi connectivity index (χ3v) is 0.167. The van der Waals surface area contributed by atoms with E-state index in [0.29, 0.717) is 0 Å². The zero-order valence-electron chi connectivity index (χ0n) is 5.13. The van der Waals surface area contributed by atoms with E-state index in [1.165, 1.54) is 0 Å². The summed E-state index contributed by atoms with van der Waals surface area (Å²) in [5, 5.41) is 17.9. The van der Waals surface area contributed by atoms with Crippen LogP contribution in [0.1, 0.15) is 0 Å². The van der Waals surface area contributed by atoms with Crippen molar-refractivity contribution in [2.45, 2.75) is 9.88 Å². The van der Waals surface area contributed by atoms with Crippen molar-refractivity contribution < 1.29 is 19.8 Å². The fourth-order valence-corrected chi connectivity index (χ4v) is 0. The van der Waals surface area contributed by atoms with Crippen LogP contribution in [0.25, 0.3) is 0 Å². The molecule has 0 atom stereocenters. The SMILES string of the molecule is O=C([O-])C(=O)[O-].[CH3][Sn+2][CH3]. The molecule has 0 N–H and O–H groups in total. The average molecular weight is 237 g/mol. The predicted molar refractivity (Wildman–Crippen MR) is 27.5 cm³/mol. The second-order valence-corrected chi connectivity index (χ2v) is 3.93. The van der Waals surface area contributed by atoms with Gasteiger partial charge in [0.2, 0.25) is 0 Å². The zero-order valence-corrected chi connectivity index (χ0v) is 7.99. The Kier molecular flexibility index (Phi) is 9.91. The number of hydrogen-bond acceptors (Lipinski definition) is 4. The van der Waals surface area contributed by atoms with Crippen LogP contribution in [0.3, 0.4) is 0 Å². The van der Waals surface area contributed by atoms with Gasteiger partial charge in [0.25, 0.3) is 0 Å². The van der Waals surface area contributed by atoms with Crippen LogP contribution >= 0.6 is 0 Å². The van der Waals surface area contributed by atoms with E-state index in [9.17, 15) is 0 Å². The molecule has 0 unspecified atom stereocenters. The van der Waals surface area contributed by atoms with Crippen molar-refractivity contribution in [2.75, 3.05) is 0 Å². The first-order chi connectivity index (χ1) is 4.06. The maximum atomic E-state index is 8.93. The number of carboxylic acids is 2. The molecule has 0 amide bonds. The third kappa shape index (κ3) is 18.2. The number of carbonyl (C=O) groups is 2. The fourth-order valence-electron chi connectivity index (χ4n) is 0. The summed E-state index contributed by atoms with van der Waals surface area (Å²) in [6.45, 7) is 0. The number of hydrogen-bond donors (Lipinski definition) is 0. The molecule has 0 bridgehead atoms. The molecule has 0 aliphatic rings. The van der Waals surface area contributed by atoms with E-state index in [1.54, 1.807) is 0 Å². The normalized spacial score (nSPS) is 6.00. The summed E-state index contributed by atoms with van der Waals surface area (Å²) in [5.41, 5.74) is 0. The van der Waals surface area contributed by atoms with E-state index in [0.717, 1.165) is 0 Å². The quantitative estimate of drug-likeness (QED) is 0.338. The van der Waals surface area contributed by atoms with Crippen LogP contribution in [0.15, 0.2) is 0 Å². The minimum atomic E-state index is -2.19. The first kappa shape index (κ1) is 11.5. The molecule has 0 aliphatic heterocycles. The Hall–Kier alpha value is -0.261. The van der Waals surface area contributed by atoms with Gasteiger partial charge in [-0.05, 0) is 0 Å². The van der Waals surface area contributed by atoms with Gasteiger partial charge in [-0.3, -0.25) is 0 Å². The molecule has 50 valence electrons. The Balaban J connectivity index is 0. The molecule has 0 radical (unpaired) electrons. The Bertz CT molecular complexity index is 88.7. The third-order valence-electron chi connectivity index (χ3n) is 0.167. The van der Waals surface area contributed by atoms with Crippen molar-refractivity contribution in [1.29, 1.82) is 0 Å². The van der Waals surface area contributed by atoms with Crippen LogP contribution < -0.4 is 10.2 Å². The molecule has 0 aromatic carbocycles. The number of aliphatic carboxylic acids is 2. The van der Waals surface area contributed by atoms with Crippen molar-refractivity contribution >= 4 is 33.1 Å². The number of carbonyl (C=O) groups excluding carboxylic acids is 2. The van der Waals surface area contributed by atoms with Crippen LogP contribution in [0, 0.1) is 0 Å². The molecule has 4 nitrogen and oxygen atoms in total. The predicted octanol–water partition coefficient (Wildman–Crippen LogP) is -2.73. The van der Waals surface area contributed by atoms with Gasteiger partial charge in [-0.2, -0.15) is 0 Å². The summed E-state index contributed by atoms with van der Waals surface area (Å²) < 4.78 is 0. The van der Waals surface area contributed by atoms with Crippen molar-refractivity contribution in [3.8, 4) is 0 Å². The van der Waals surface area contributed by atoms with E-state index in [1.807, 2.05) is 0 Å². The first-order valence-electron chi connectivity index (χ1n) is 2.07. The zero-order chi connectivity index (χ0) is 7.86. The number of rotatable bonds is 0. The Morgan fingerprint density at radius 2 is 1.22 bits per heavy atom. The molecule has 0 aliphatic carbocycles. The topological polar surface area (TPSA) is 80.3 Å². The van der Waals surface area contributed by atoms with Crippen molar-refractivity contribution in [1.82, 2.24) is 0 Å². The minimum absolute atomic E-state index is 0.230. The summed E-state index contributed by atoms with van der Waals surface area (Å²) in [7, 11) is 0. The second-order valence-electron chi connectivity index (χ2n) is 1.07. The monoisotopic (exact) mass is 238 g/mol. The van der Waals surface area contributed by atoms with Gasteiger partial charge >= 0.3 is 31.0 Å². The van der Waals surface area contributed by atoms with Crippen LogP contribution in [0.5, 0.6) is 0 Å². The van der Waals surface area contributed by atoms with E-state index in [-0.39, 0.29) is 21.1 Å². The van der Waals surface area contributed by atoms with Gasteiger partial charge in [-0.25, -0.2) is 0 Å². The van der Waals surface area contributed by atoms with Crippen molar-refractivity contribution in [3.63, 3.8) is 0 Å². The van der Waals surface area contributed by atoms with Crippen LogP contribution in [0.4, 0.5) is 0 Å². The van der Waals surface area contributed by atoms with Gasteiger partial charge in [-0.15, -0.1) is 0 Å². The molecule has 0 spiro atoms. The van der Waals surface area contributed by atoms with E-state index in [2.05, 4.69) is 9.88 Å². The Morgan fingerprint density at radius 1 is 1.11 bits per heavy atom. The molecule has 0 aromatic rings. The molecular weight excluding hydrogens is 231 g/mol. The average Bonchev–Trinajstić information content (AvgIpc) is 1.68. The molecule has 0 saturated carbocycles. The molecule has 0 fully saturated rings. The van der Waals surface area contributed by atoms with Crippen LogP contribution in [-0.4, -0.2) is 33.1 Å². The summed E-state index contributed by atoms with van der Waals surface area (Å²) in [6.07, 6.45) is 0. The second kappa shape index (κ2) is 7.74. The van der Waals surface area contributed by atoms with Gasteiger partial charge in [0.15, 0.2) is 0 Å². The van der Waals surface area contributed by atoms with Crippen molar-refractivity contribution in [2.24, 2.45) is 0 Å². The Labute approximate surface area is 63.1 Å². The van der Waals surface area contributed by atoms with Gasteiger partial charge in [0.05, 0.1) is 11.9 Å². The standard InChI is InChI=1S/C2H2O4.2CH3.Sn/c3-1(4)2(5)6;;;/h(H,3,4)(H,5,6);2*1H3;/q;;;+2/p-2. The molecule has 0 saturated heterocycles. The number of carboxylic acid groups (broad SMARTS) is 2. The van der Waals surface area contributed by atoms with E-state index >= 15 is 0 Å². The molecular formula is C4H6O4Sn. The van der Waals surface area contributed by atoms with E-state index in [4.69, 9.17) is 19.8 Å². The molecule has 0 aromatic heterocycles. The summed E-state index contributed by atoms with van der Waals surface area (Å²) in [4.78, 5) is 22.4. The molecule has 0 heterocycles. The summed E-state index contributed by atoms with van der Waals surface area (Å²) >= 11 is 0.230. The summed E-state index contributed by atoms with van der Waals surface area (Å²) in [5.74, 6) is -4.37. The first-order valence-corrected chi connectivity index (χ1v) is 7.77. The van der Waals surface area contributed by atoms with Gasteiger partial charge in [0.1, 0.15) is 0 Å². The van der Waals surface area contributed by atoms with Gasteiger partial charge in [-0.1, -0.05) is 0 Å².